The van der Waals surface area contributed by atoms with Crippen molar-refractivity contribution in [2.45, 2.75) is 32.6 Å². The molecule has 3 rings (SSSR count). The van der Waals surface area contributed by atoms with E-state index in [1.54, 1.807) is 0 Å². The van der Waals surface area contributed by atoms with Crippen LogP contribution < -0.4 is 5.32 Å². The molecular weight excluding hydrogens is 444 g/mol. The molecule has 0 aromatic heterocycles. The fraction of sp³-hybridized carbons (Fsp3) is 0.185. The van der Waals surface area contributed by atoms with Crippen molar-refractivity contribution in [3.05, 3.63) is 99.6 Å². The number of unbranched alkanes of at least 4 members (excludes halogenated alkanes) is 2. The molecule has 172 valence electrons. The van der Waals surface area contributed by atoms with Gasteiger partial charge in [-0.05, 0) is 66.9 Å². The van der Waals surface area contributed by atoms with Gasteiger partial charge in [-0.2, -0.15) is 5.26 Å². The van der Waals surface area contributed by atoms with Crippen molar-refractivity contribution >= 4 is 11.6 Å². The van der Waals surface area contributed by atoms with E-state index in [1.807, 2.05) is 0 Å². The van der Waals surface area contributed by atoms with Gasteiger partial charge in [-0.1, -0.05) is 31.6 Å². The Labute approximate surface area is 195 Å². The van der Waals surface area contributed by atoms with Crippen LogP contribution in [0.1, 0.15) is 58.8 Å². The number of nitriles is 1. The summed E-state index contributed by atoms with van der Waals surface area (Å²) >= 11 is 0. The normalized spacial score (nSPS) is 10.2. The number of nitrogens with one attached hydrogen (secondary N) is 1. The lowest BCUT2D eigenvalue weighted by Gasteiger charge is -2.07. The Bertz CT molecular complexity index is 1270. The predicted molar refractivity (Wildman–Crippen MR) is 121 cm³/mol. The summed E-state index contributed by atoms with van der Waals surface area (Å²) in [5.74, 6) is 0.897. The van der Waals surface area contributed by atoms with E-state index in [9.17, 15) is 22.4 Å². The largest absolute Gasteiger partial charge is 0.322 e. The van der Waals surface area contributed by atoms with E-state index in [1.165, 1.54) is 42.5 Å². The van der Waals surface area contributed by atoms with Crippen LogP contribution in [0.5, 0.6) is 0 Å². The van der Waals surface area contributed by atoms with Crippen molar-refractivity contribution in [3.8, 4) is 17.9 Å². The second-order valence-corrected chi connectivity index (χ2v) is 7.60. The molecule has 3 nitrogen and oxygen atoms in total. The monoisotopic (exact) mass is 464 g/mol. The smallest absolute Gasteiger partial charge is 0.255 e. The van der Waals surface area contributed by atoms with Crippen molar-refractivity contribution in [2.75, 3.05) is 5.32 Å². The SMILES string of the molecule is CCCCCc1cc(F)c(C#Cc2ccc(C(=O)Nc3cc(F)c(C#N)c(F)c3)cc2)c(F)c1. The fourth-order valence-corrected chi connectivity index (χ4v) is 3.26. The lowest BCUT2D eigenvalue weighted by molar-refractivity contribution is 0.102. The Kier molecular flexibility index (Phi) is 8.05. The Morgan fingerprint density at radius 1 is 0.853 bits per heavy atom. The molecule has 0 aliphatic carbocycles. The van der Waals surface area contributed by atoms with Crippen LogP contribution >= 0.6 is 0 Å². The lowest BCUT2D eigenvalue weighted by Crippen LogP contribution is -2.12. The Balaban J connectivity index is 1.71. The highest BCUT2D eigenvalue weighted by Crippen LogP contribution is 2.20. The maximum Gasteiger partial charge on any atom is 0.255 e. The zero-order valence-corrected chi connectivity index (χ0v) is 18.3. The highest BCUT2D eigenvalue weighted by atomic mass is 19.1. The molecule has 0 unspecified atom stereocenters. The predicted octanol–water partition coefficient (Wildman–Crippen LogP) is 6.50. The maximum absolute atomic E-state index is 14.3. The molecule has 0 aliphatic heterocycles. The van der Waals surface area contributed by atoms with Gasteiger partial charge in [0.15, 0.2) is 0 Å². The molecule has 0 saturated heterocycles. The summed E-state index contributed by atoms with van der Waals surface area (Å²) in [7, 11) is 0. The van der Waals surface area contributed by atoms with Crippen LogP contribution in [-0.4, -0.2) is 5.91 Å². The second kappa shape index (κ2) is 11.2. The Morgan fingerprint density at radius 2 is 1.44 bits per heavy atom. The molecular formula is C27H20F4N2O. The topological polar surface area (TPSA) is 52.9 Å². The van der Waals surface area contributed by atoms with Gasteiger partial charge in [-0.3, -0.25) is 4.79 Å². The fourth-order valence-electron chi connectivity index (χ4n) is 3.26. The van der Waals surface area contributed by atoms with Crippen molar-refractivity contribution < 1.29 is 22.4 Å². The van der Waals surface area contributed by atoms with Crippen molar-refractivity contribution in [3.63, 3.8) is 0 Å². The molecule has 0 fully saturated rings. The molecule has 0 heterocycles. The third-order valence-electron chi connectivity index (χ3n) is 5.06. The number of rotatable bonds is 6. The van der Waals surface area contributed by atoms with Crippen LogP contribution in [-0.2, 0) is 6.42 Å². The number of amides is 1. The molecule has 0 spiro atoms. The minimum atomic E-state index is -1.09. The zero-order chi connectivity index (χ0) is 24.7. The van der Waals surface area contributed by atoms with Gasteiger partial charge >= 0.3 is 0 Å². The Morgan fingerprint density at radius 3 is 2.00 bits per heavy atom. The average molecular weight is 464 g/mol. The Hall–Kier alpha value is -4.10. The number of carbonyl (C=O) groups excluding carboxylic acids is 1. The van der Waals surface area contributed by atoms with Crippen molar-refractivity contribution in [1.29, 1.82) is 5.26 Å². The van der Waals surface area contributed by atoms with Crippen molar-refractivity contribution in [1.82, 2.24) is 0 Å². The first-order valence-electron chi connectivity index (χ1n) is 10.6. The minimum absolute atomic E-state index is 0.146. The van der Waals surface area contributed by atoms with E-state index >= 15 is 0 Å². The van der Waals surface area contributed by atoms with E-state index < -0.39 is 34.7 Å². The summed E-state index contributed by atoms with van der Waals surface area (Å²) in [5.41, 5.74) is -0.0356. The number of hydrogen-bond acceptors (Lipinski definition) is 2. The number of hydrogen-bond donors (Lipinski definition) is 1. The quantitative estimate of drug-likeness (QED) is 0.257. The molecule has 3 aromatic carbocycles. The molecule has 1 N–H and O–H groups in total. The van der Waals surface area contributed by atoms with E-state index in [0.29, 0.717) is 17.5 Å². The van der Waals surface area contributed by atoms with Gasteiger partial charge in [0.1, 0.15) is 34.9 Å². The maximum atomic E-state index is 14.3. The van der Waals surface area contributed by atoms with Crippen molar-refractivity contribution in [2.24, 2.45) is 0 Å². The van der Waals surface area contributed by atoms with Crippen LogP contribution in [0.15, 0.2) is 48.5 Å². The molecule has 34 heavy (non-hydrogen) atoms. The third kappa shape index (κ3) is 6.02. The number of halogens is 4. The first-order chi connectivity index (χ1) is 16.3. The second-order valence-electron chi connectivity index (χ2n) is 7.60. The summed E-state index contributed by atoms with van der Waals surface area (Å²) in [6.07, 6.45) is 3.46. The van der Waals surface area contributed by atoms with Gasteiger partial charge < -0.3 is 5.32 Å². The van der Waals surface area contributed by atoms with E-state index in [4.69, 9.17) is 5.26 Å². The van der Waals surface area contributed by atoms with Gasteiger partial charge in [0.2, 0.25) is 0 Å². The highest BCUT2D eigenvalue weighted by Gasteiger charge is 2.13. The first-order valence-corrected chi connectivity index (χ1v) is 10.6. The summed E-state index contributed by atoms with van der Waals surface area (Å²) in [4.78, 5) is 12.3. The molecule has 0 bridgehead atoms. The van der Waals surface area contributed by atoms with Crippen LogP contribution in [0, 0.1) is 46.4 Å². The highest BCUT2D eigenvalue weighted by molar-refractivity contribution is 6.04. The van der Waals surface area contributed by atoms with Gasteiger partial charge in [0.25, 0.3) is 5.91 Å². The van der Waals surface area contributed by atoms with Crippen LogP contribution in [0.2, 0.25) is 0 Å². The standard InChI is InChI=1S/C27H20F4N2O/c1-2-3-4-5-18-12-23(28)21(24(29)13-18)11-8-17-6-9-19(10-7-17)27(34)33-20-14-25(30)22(16-32)26(31)15-20/h6-7,9-10,12-15H,2-5H2,1H3,(H,33,34). The van der Waals surface area contributed by atoms with E-state index in [2.05, 4.69) is 24.1 Å². The number of carbonyl (C=O) groups is 1. The summed E-state index contributed by atoms with van der Waals surface area (Å²) in [5, 5.41) is 11.0. The first kappa shape index (κ1) is 24.5. The van der Waals surface area contributed by atoms with Gasteiger partial charge in [-0.25, -0.2) is 17.6 Å². The van der Waals surface area contributed by atoms with Gasteiger partial charge in [0, 0.05) is 16.8 Å². The average Bonchev–Trinajstić information content (AvgIpc) is 2.79. The number of anilines is 1. The summed E-state index contributed by atoms with van der Waals surface area (Å²) < 4.78 is 56.1. The summed E-state index contributed by atoms with van der Waals surface area (Å²) in [6.45, 7) is 2.05. The molecule has 1 amide bonds. The molecule has 0 radical (unpaired) electrons. The van der Waals surface area contributed by atoms with Crippen LogP contribution in [0.4, 0.5) is 23.2 Å². The minimum Gasteiger partial charge on any atom is -0.322 e. The molecule has 0 aliphatic rings. The van der Waals surface area contributed by atoms with E-state index in [0.717, 1.165) is 31.4 Å². The molecule has 0 atom stereocenters. The van der Waals surface area contributed by atoms with Crippen LogP contribution in [0.3, 0.4) is 0 Å². The van der Waals surface area contributed by atoms with E-state index in [-0.39, 0.29) is 16.8 Å². The summed E-state index contributed by atoms with van der Waals surface area (Å²) in [6, 6.07) is 11.5. The number of benzene rings is 3. The number of aryl methyl sites for hydroxylation is 1. The molecule has 0 saturated carbocycles. The van der Waals surface area contributed by atoms with Gasteiger partial charge in [0.05, 0.1) is 5.56 Å². The lowest BCUT2D eigenvalue weighted by atomic mass is 10.0. The number of nitrogens with zero attached hydrogens (tertiary/aromatic N) is 1. The molecule has 3 aromatic rings. The third-order valence-corrected chi connectivity index (χ3v) is 5.06. The molecule has 7 heteroatoms. The van der Waals surface area contributed by atoms with Crippen LogP contribution in [0.25, 0.3) is 0 Å². The zero-order valence-electron chi connectivity index (χ0n) is 18.3. The van der Waals surface area contributed by atoms with Gasteiger partial charge in [-0.15, -0.1) is 0 Å².